The Balaban J connectivity index is 2.04. The smallest absolute Gasteiger partial charge is 0.331 e. The Labute approximate surface area is 124 Å². The first-order valence-electron chi connectivity index (χ1n) is 6.85. The van der Waals surface area contributed by atoms with E-state index < -0.39 is 0 Å². The SMILES string of the molecule is CC(C)OC(=O)/C=C/c1cccc(Oc2ccccc2)c1. The molecule has 0 saturated carbocycles. The first kappa shape index (κ1) is 14.9. The van der Waals surface area contributed by atoms with Gasteiger partial charge < -0.3 is 9.47 Å². The van der Waals surface area contributed by atoms with E-state index in [1.807, 2.05) is 68.4 Å². The van der Waals surface area contributed by atoms with Crippen molar-refractivity contribution in [3.63, 3.8) is 0 Å². The zero-order valence-electron chi connectivity index (χ0n) is 12.2. The highest BCUT2D eigenvalue weighted by molar-refractivity contribution is 5.87. The van der Waals surface area contributed by atoms with Crippen LogP contribution in [0, 0.1) is 0 Å². The highest BCUT2D eigenvalue weighted by Gasteiger charge is 2.01. The fourth-order valence-corrected chi connectivity index (χ4v) is 1.74. The molecule has 0 aliphatic heterocycles. The highest BCUT2D eigenvalue weighted by Crippen LogP contribution is 2.22. The Hall–Kier alpha value is -2.55. The van der Waals surface area contributed by atoms with E-state index in [0.29, 0.717) is 0 Å². The lowest BCUT2D eigenvalue weighted by Gasteiger charge is -2.06. The van der Waals surface area contributed by atoms with Crippen molar-refractivity contribution in [1.82, 2.24) is 0 Å². The number of carbonyl (C=O) groups excluding carboxylic acids is 1. The average Bonchev–Trinajstić information content (AvgIpc) is 2.46. The number of rotatable bonds is 5. The minimum atomic E-state index is -0.348. The number of esters is 1. The molecule has 21 heavy (non-hydrogen) atoms. The van der Waals surface area contributed by atoms with Crippen LogP contribution in [0.25, 0.3) is 6.08 Å². The third kappa shape index (κ3) is 5.15. The van der Waals surface area contributed by atoms with Crippen LogP contribution >= 0.6 is 0 Å². The predicted molar refractivity (Wildman–Crippen MR) is 83.2 cm³/mol. The van der Waals surface area contributed by atoms with Crippen LogP contribution in [0.2, 0.25) is 0 Å². The minimum Gasteiger partial charge on any atom is -0.460 e. The van der Waals surface area contributed by atoms with Gasteiger partial charge in [-0.2, -0.15) is 0 Å². The van der Waals surface area contributed by atoms with Crippen LogP contribution in [0.4, 0.5) is 0 Å². The van der Waals surface area contributed by atoms with E-state index in [0.717, 1.165) is 17.1 Å². The molecule has 2 rings (SSSR count). The first-order valence-corrected chi connectivity index (χ1v) is 6.85. The maximum atomic E-state index is 11.5. The van der Waals surface area contributed by atoms with Crippen molar-refractivity contribution in [2.75, 3.05) is 0 Å². The van der Waals surface area contributed by atoms with Gasteiger partial charge in [-0.3, -0.25) is 0 Å². The Kier molecular flexibility index (Phi) is 5.16. The molecule has 0 heterocycles. The van der Waals surface area contributed by atoms with Crippen molar-refractivity contribution >= 4 is 12.0 Å². The number of hydrogen-bond donors (Lipinski definition) is 0. The number of carbonyl (C=O) groups is 1. The number of para-hydroxylation sites is 1. The van der Waals surface area contributed by atoms with Crippen LogP contribution in [0.1, 0.15) is 19.4 Å². The fourth-order valence-electron chi connectivity index (χ4n) is 1.74. The maximum Gasteiger partial charge on any atom is 0.331 e. The molecule has 0 unspecified atom stereocenters. The van der Waals surface area contributed by atoms with E-state index in [2.05, 4.69) is 0 Å². The standard InChI is InChI=1S/C18H18O3/c1-14(2)20-18(19)12-11-15-7-6-10-17(13-15)21-16-8-4-3-5-9-16/h3-14H,1-2H3/b12-11+. The summed E-state index contributed by atoms with van der Waals surface area (Å²) in [5.41, 5.74) is 0.879. The van der Waals surface area contributed by atoms with Gasteiger partial charge in [0.25, 0.3) is 0 Å². The lowest BCUT2D eigenvalue weighted by atomic mass is 10.2. The third-order valence-corrected chi connectivity index (χ3v) is 2.60. The molecule has 2 aromatic rings. The molecule has 108 valence electrons. The summed E-state index contributed by atoms with van der Waals surface area (Å²) in [5.74, 6) is 1.15. The summed E-state index contributed by atoms with van der Waals surface area (Å²) in [4.78, 5) is 11.5. The van der Waals surface area contributed by atoms with Crippen molar-refractivity contribution in [1.29, 1.82) is 0 Å². The van der Waals surface area contributed by atoms with Gasteiger partial charge in [-0.25, -0.2) is 4.79 Å². The molecule has 0 fully saturated rings. The summed E-state index contributed by atoms with van der Waals surface area (Å²) in [7, 11) is 0. The lowest BCUT2D eigenvalue weighted by molar-refractivity contribution is -0.141. The van der Waals surface area contributed by atoms with Crippen molar-refractivity contribution in [3.05, 3.63) is 66.2 Å². The Morgan fingerprint density at radius 1 is 1.00 bits per heavy atom. The molecule has 0 atom stereocenters. The Bertz CT molecular complexity index is 615. The summed E-state index contributed by atoms with van der Waals surface area (Å²) in [6.45, 7) is 3.64. The van der Waals surface area contributed by atoms with Crippen molar-refractivity contribution in [3.8, 4) is 11.5 Å². The van der Waals surface area contributed by atoms with Gasteiger partial charge in [0.2, 0.25) is 0 Å². The first-order chi connectivity index (χ1) is 10.1. The number of ether oxygens (including phenoxy) is 2. The van der Waals surface area contributed by atoms with Crippen LogP contribution in [0.5, 0.6) is 11.5 Å². The fraction of sp³-hybridized carbons (Fsp3) is 0.167. The number of hydrogen-bond acceptors (Lipinski definition) is 3. The van der Waals surface area contributed by atoms with Crippen LogP contribution < -0.4 is 4.74 Å². The van der Waals surface area contributed by atoms with E-state index in [9.17, 15) is 4.79 Å². The average molecular weight is 282 g/mol. The molecular weight excluding hydrogens is 264 g/mol. The van der Waals surface area contributed by atoms with Gasteiger partial charge in [-0.05, 0) is 49.8 Å². The van der Waals surface area contributed by atoms with Crippen LogP contribution in [-0.2, 0) is 9.53 Å². The molecule has 0 aromatic heterocycles. The minimum absolute atomic E-state index is 0.116. The zero-order chi connectivity index (χ0) is 15.1. The van der Waals surface area contributed by atoms with Gasteiger partial charge in [0.05, 0.1) is 6.10 Å². The molecule has 0 bridgehead atoms. The van der Waals surface area contributed by atoms with Crippen LogP contribution in [-0.4, -0.2) is 12.1 Å². The predicted octanol–water partition coefficient (Wildman–Crippen LogP) is 4.44. The van der Waals surface area contributed by atoms with Gasteiger partial charge in [0, 0.05) is 6.08 Å². The second-order valence-electron chi connectivity index (χ2n) is 4.81. The van der Waals surface area contributed by atoms with Crippen LogP contribution in [0.3, 0.4) is 0 Å². The van der Waals surface area contributed by atoms with Gasteiger partial charge in [0.15, 0.2) is 0 Å². The van der Waals surface area contributed by atoms with E-state index in [1.165, 1.54) is 6.08 Å². The van der Waals surface area contributed by atoms with Gasteiger partial charge in [-0.15, -0.1) is 0 Å². The van der Waals surface area contributed by atoms with Crippen molar-refractivity contribution in [2.24, 2.45) is 0 Å². The molecule has 0 aliphatic carbocycles. The molecule has 3 nitrogen and oxygen atoms in total. The molecule has 0 N–H and O–H groups in total. The molecule has 0 saturated heterocycles. The molecule has 0 radical (unpaired) electrons. The molecule has 3 heteroatoms. The molecule has 0 aliphatic rings. The summed E-state index contributed by atoms with van der Waals surface area (Å²) in [6.07, 6.45) is 3.01. The molecular formula is C18H18O3. The maximum absolute atomic E-state index is 11.5. The number of benzene rings is 2. The summed E-state index contributed by atoms with van der Waals surface area (Å²) >= 11 is 0. The summed E-state index contributed by atoms with van der Waals surface area (Å²) in [5, 5.41) is 0. The Morgan fingerprint density at radius 3 is 2.43 bits per heavy atom. The van der Waals surface area contributed by atoms with Gasteiger partial charge in [0.1, 0.15) is 11.5 Å². The van der Waals surface area contributed by atoms with E-state index in [4.69, 9.17) is 9.47 Å². The van der Waals surface area contributed by atoms with E-state index >= 15 is 0 Å². The van der Waals surface area contributed by atoms with Crippen molar-refractivity contribution in [2.45, 2.75) is 20.0 Å². The second-order valence-corrected chi connectivity index (χ2v) is 4.81. The third-order valence-electron chi connectivity index (χ3n) is 2.60. The monoisotopic (exact) mass is 282 g/mol. The quantitative estimate of drug-likeness (QED) is 0.600. The van der Waals surface area contributed by atoms with Crippen LogP contribution in [0.15, 0.2) is 60.7 Å². The van der Waals surface area contributed by atoms with Crippen molar-refractivity contribution < 1.29 is 14.3 Å². The molecule has 0 amide bonds. The second kappa shape index (κ2) is 7.29. The normalized spacial score (nSPS) is 10.8. The topological polar surface area (TPSA) is 35.5 Å². The molecule has 0 spiro atoms. The van der Waals surface area contributed by atoms with Gasteiger partial charge in [-0.1, -0.05) is 30.3 Å². The lowest BCUT2D eigenvalue weighted by Crippen LogP contribution is -2.08. The zero-order valence-corrected chi connectivity index (χ0v) is 12.2. The summed E-state index contributed by atoms with van der Waals surface area (Å²) < 4.78 is 10.8. The van der Waals surface area contributed by atoms with Gasteiger partial charge >= 0.3 is 5.97 Å². The molecule has 2 aromatic carbocycles. The largest absolute Gasteiger partial charge is 0.460 e. The van der Waals surface area contributed by atoms with E-state index in [1.54, 1.807) is 6.08 Å². The highest BCUT2D eigenvalue weighted by atomic mass is 16.5. The summed E-state index contributed by atoms with van der Waals surface area (Å²) in [6, 6.07) is 17.1. The Morgan fingerprint density at radius 2 is 1.71 bits per heavy atom. The van der Waals surface area contributed by atoms with E-state index in [-0.39, 0.29) is 12.1 Å².